The number of alkyl halides is 1. The molecule has 0 aliphatic carbocycles. The van der Waals surface area contributed by atoms with Gasteiger partial charge in [-0.05, 0) is 19.4 Å². The zero-order valence-corrected chi connectivity index (χ0v) is 10.7. The van der Waals surface area contributed by atoms with Crippen LogP contribution in [0.2, 0.25) is 0 Å². The molecule has 1 N–H and O–H groups in total. The highest BCUT2D eigenvalue weighted by atomic mass is 19.1. The summed E-state index contributed by atoms with van der Waals surface area (Å²) < 4.78 is 13.3. The summed E-state index contributed by atoms with van der Waals surface area (Å²) in [5.74, 6) is 0. The van der Waals surface area contributed by atoms with Gasteiger partial charge in [0.2, 0.25) is 0 Å². The van der Waals surface area contributed by atoms with Crippen molar-refractivity contribution in [3.05, 3.63) is 34.9 Å². The molecule has 3 heteroatoms. The first kappa shape index (κ1) is 12.5. The maximum absolute atomic E-state index is 13.3. The molecule has 2 rings (SSSR count). The number of halogens is 1. The Balaban J connectivity index is 2.21. The lowest BCUT2D eigenvalue weighted by atomic mass is 10.0. The van der Waals surface area contributed by atoms with Crippen molar-refractivity contribution in [3.63, 3.8) is 0 Å². The molecule has 1 saturated heterocycles. The van der Waals surface area contributed by atoms with E-state index in [1.807, 2.05) is 0 Å². The Hall–Kier alpha value is -0.930. The Labute approximate surface area is 103 Å². The number of benzene rings is 1. The molecule has 0 amide bonds. The van der Waals surface area contributed by atoms with Gasteiger partial charge >= 0.3 is 0 Å². The highest BCUT2D eigenvalue weighted by Crippen LogP contribution is 2.23. The van der Waals surface area contributed by atoms with Crippen LogP contribution in [0.3, 0.4) is 0 Å². The molecule has 17 heavy (non-hydrogen) atoms. The summed E-state index contributed by atoms with van der Waals surface area (Å²) in [6.45, 7) is 7.63. The van der Waals surface area contributed by atoms with E-state index < -0.39 is 0 Å². The third kappa shape index (κ3) is 3.05. The lowest BCUT2D eigenvalue weighted by Gasteiger charge is -2.34. The van der Waals surface area contributed by atoms with Gasteiger partial charge in [0.1, 0.15) is 6.67 Å². The van der Waals surface area contributed by atoms with E-state index in [2.05, 4.69) is 42.3 Å². The Morgan fingerprint density at radius 1 is 1.18 bits per heavy atom. The van der Waals surface area contributed by atoms with Crippen LogP contribution in [-0.4, -0.2) is 37.8 Å². The SMILES string of the molecule is Cc1cc(C)cc([C@@H](CF)N2CCNCC2)c1. The number of hydrogen-bond acceptors (Lipinski definition) is 2. The minimum Gasteiger partial charge on any atom is -0.314 e. The summed E-state index contributed by atoms with van der Waals surface area (Å²) in [5, 5.41) is 3.30. The highest BCUT2D eigenvalue weighted by molar-refractivity contribution is 5.31. The molecule has 1 aliphatic heterocycles. The maximum atomic E-state index is 13.3. The molecule has 1 aliphatic rings. The molecule has 2 nitrogen and oxygen atoms in total. The van der Waals surface area contributed by atoms with E-state index in [4.69, 9.17) is 0 Å². The number of hydrogen-bond donors (Lipinski definition) is 1. The van der Waals surface area contributed by atoms with Gasteiger partial charge in [0, 0.05) is 26.2 Å². The van der Waals surface area contributed by atoms with E-state index in [0.29, 0.717) is 0 Å². The van der Waals surface area contributed by atoms with Crippen LogP contribution in [0.25, 0.3) is 0 Å². The van der Waals surface area contributed by atoms with Crippen LogP contribution < -0.4 is 5.32 Å². The van der Waals surface area contributed by atoms with E-state index >= 15 is 0 Å². The second-order valence-electron chi connectivity index (χ2n) is 4.88. The molecule has 0 saturated carbocycles. The Bertz CT molecular complexity index is 352. The van der Waals surface area contributed by atoms with Crippen LogP contribution in [0, 0.1) is 13.8 Å². The molecule has 1 aromatic carbocycles. The molecule has 1 fully saturated rings. The number of piperazine rings is 1. The molecule has 0 bridgehead atoms. The number of nitrogens with zero attached hydrogens (tertiary/aromatic N) is 1. The number of rotatable bonds is 3. The van der Waals surface area contributed by atoms with Gasteiger partial charge in [-0.25, -0.2) is 4.39 Å². The van der Waals surface area contributed by atoms with Crippen LogP contribution in [0.1, 0.15) is 22.7 Å². The Kier molecular flexibility index (Phi) is 4.13. The molecule has 1 heterocycles. The molecule has 0 unspecified atom stereocenters. The first-order chi connectivity index (χ1) is 8.20. The van der Waals surface area contributed by atoms with Crippen molar-refractivity contribution in [1.82, 2.24) is 10.2 Å². The van der Waals surface area contributed by atoms with Crippen molar-refractivity contribution in [2.75, 3.05) is 32.9 Å². The molecule has 0 radical (unpaired) electrons. The minimum atomic E-state index is -0.303. The summed E-state index contributed by atoms with van der Waals surface area (Å²) in [6.07, 6.45) is 0. The summed E-state index contributed by atoms with van der Waals surface area (Å²) in [6, 6.07) is 6.28. The van der Waals surface area contributed by atoms with E-state index in [9.17, 15) is 4.39 Å². The molecule has 1 aromatic rings. The van der Waals surface area contributed by atoms with Crippen molar-refractivity contribution in [3.8, 4) is 0 Å². The van der Waals surface area contributed by atoms with Gasteiger partial charge in [-0.1, -0.05) is 29.3 Å². The van der Waals surface area contributed by atoms with E-state index in [1.54, 1.807) is 0 Å². The van der Waals surface area contributed by atoms with Crippen LogP contribution in [0.15, 0.2) is 18.2 Å². The summed E-state index contributed by atoms with van der Waals surface area (Å²) in [5.41, 5.74) is 3.55. The van der Waals surface area contributed by atoms with Gasteiger partial charge in [-0.2, -0.15) is 0 Å². The van der Waals surface area contributed by atoms with Gasteiger partial charge < -0.3 is 5.32 Å². The molecule has 0 spiro atoms. The molecular weight excluding hydrogens is 215 g/mol. The van der Waals surface area contributed by atoms with Crippen LogP contribution >= 0.6 is 0 Å². The lowest BCUT2D eigenvalue weighted by Crippen LogP contribution is -2.45. The molecule has 1 atom stereocenters. The van der Waals surface area contributed by atoms with Gasteiger partial charge in [-0.3, -0.25) is 4.90 Å². The predicted molar refractivity (Wildman–Crippen MR) is 69.1 cm³/mol. The van der Waals surface area contributed by atoms with E-state index in [-0.39, 0.29) is 12.7 Å². The number of aryl methyl sites for hydroxylation is 2. The fourth-order valence-corrected chi connectivity index (χ4v) is 2.59. The summed E-state index contributed by atoms with van der Waals surface area (Å²) >= 11 is 0. The maximum Gasteiger partial charge on any atom is 0.109 e. The van der Waals surface area contributed by atoms with Crippen molar-refractivity contribution < 1.29 is 4.39 Å². The van der Waals surface area contributed by atoms with Crippen LogP contribution in [-0.2, 0) is 0 Å². The summed E-state index contributed by atoms with van der Waals surface area (Å²) in [4.78, 5) is 2.24. The third-order valence-corrected chi connectivity index (χ3v) is 3.37. The first-order valence-corrected chi connectivity index (χ1v) is 6.29. The Morgan fingerprint density at radius 3 is 2.29 bits per heavy atom. The predicted octanol–water partition coefficient (Wildman–Crippen LogP) is 2.22. The van der Waals surface area contributed by atoms with Crippen LogP contribution in [0.4, 0.5) is 4.39 Å². The second-order valence-corrected chi connectivity index (χ2v) is 4.88. The zero-order valence-electron chi connectivity index (χ0n) is 10.7. The van der Waals surface area contributed by atoms with Crippen molar-refractivity contribution in [2.24, 2.45) is 0 Å². The molecular formula is C14H21FN2. The van der Waals surface area contributed by atoms with Crippen molar-refractivity contribution >= 4 is 0 Å². The Morgan fingerprint density at radius 2 is 1.76 bits per heavy atom. The van der Waals surface area contributed by atoms with Gasteiger partial charge in [0.15, 0.2) is 0 Å². The molecule has 94 valence electrons. The topological polar surface area (TPSA) is 15.3 Å². The molecule has 0 aromatic heterocycles. The van der Waals surface area contributed by atoms with Gasteiger partial charge in [-0.15, -0.1) is 0 Å². The van der Waals surface area contributed by atoms with E-state index in [0.717, 1.165) is 31.7 Å². The van der Waals surface area contributed by atoms with Gasteiger partial charge in [0.05, 0.1) is 6.04 Å². The minimum absolute atomic E-state index is 0.0734. The fraction of sp³-hybridized carbons (Fsp3) is 0.571. The smallest absolute Gasteiger partial charge is 0.109 e. The zero-order chi connectivity index (χ0) is 12.3. The summed E-state index contributed by atoms with van der Waals surface area (Å²) in [7, 11) is 0. The highest BCUT2D eigenvalue weighted by Gasteiger charge is 2.22. The second kappa shape index (κ2) is 5.61. The normalized spacial score (nSPS) is 19.2. The van der Waals surface area contributed by atoms with Crippen LogP contribution in [0.5, 0.6) is 0 Å². The largest absolute Gasteiger partial charge is 0.314 e. The monoisotopic (exact) mass is 236 g/mol. The first-order valence-electron chi connectivity index (χ1n) is 6.29. The van der Waals surface area contributed by atoms with Crippen molar-refractivity contribution in [1.29, 1.82) is 0 Å². The lowest BCUT2D eigenvalue weighted by molar-refractivity contribution is 0.147. The fourth-order valence-electron chi connectivity index (χ4n) is 2.59. The van der Waals surface area contributed by atoms with Gasteiger partial charge in [0.25, 0.3) is 0 Å². The standard InChI is InChI=1S/C14H21FN2/c1-11-7-12(2)9-13(8-11)14(10-15)17-5-3-16-4-6-17/h7-9,14,16H,3-6,10H2,1-2H3/t14-/m1/s1. The quantitative estimate of drug-likeness (QED) is 0.865. The van der Waals surface area contributed by atoms with Crippen molar-refractivity contribution in [2.45, 2.75) is 19.9 Å². The average molecular weight is 236 g/mol. The average Bonchev–Trinajstić information content (AvgIpc) is 2.30. The third-order valence-electron chi connectivity index (χ3n) is 3.37. The number of nitrogens with one attached hydrogen (secondary N) is 1. The van der Waals surface area contributed by atoms with E-state index in [1.165, 1.54) is 11.1 Å².